The lowest BCUT2D eigenvalue weighted by atomic mass is 9.61. The topological polar surface area (TPSA) is 85.3 Å². The highest BCUT2D eigenvalue weighted by atomic mass is 16.7. The summed E-state index contributed by atoms with van der Waals surface area (Å²) in [5.41, 5.74) is -1.16. The maximum absolute atomic E-state index is 14.6. The molecule has 0 saturated heterocycles. The van der Waals surface area contributed by atoms with Crippen molar-refractivity contribution in [2.45, 2.75) is 69.2 Å². The normalized spacial score (nSPS) is 19.9. The number of Topliss-reactive ketones (excluding diaryl/α,β-unsaturated/α-hetero) is 1. The lowest BCUT2D eigenvalue weighted by molar-refractivity contribution is -0.245. The summed E-state index contributed by atoms with van der Waals surface area (Å²) < 4.78 is 6.22. The van der Waals surface area contributed by atoms with Crippen molar-refractivity contribution in [3.05, 3.63) is 120 Å². The number of amides is 1. The lowest BCUT2D eigenvalue weighted by Gasteiger charge is -2.52. The van der Waals surface area contributed by atoms with Gasteiger partial charge in [-0.05, 0) is 60.9 Å². The van der Waals surface area contributed by atoms with Crippen molar-refractivity contribution < 1.29 is 24.0 Å². The largest absolute Gasteiger partial charge is 0.462 e. The van der Waals surface area contributed by atoms with Crippen molar-refractivity contribution in [1.29, 1.82) is 0 Å². The second kappa shape index (κ2) is 13.7. The number of aliphatic imine (C=N–C) groups is 1. The van der Waals surface area contributed by atoms with Gasteiger partial charge < -0.3 is 4.74 Å². The summed E-state index contributed by atoms with van der Waals surface area (Å²) in [6.45, 7) is 1.80. The Labute approximate surface area is 253 Å². The molecule has 0 aromatic heterocycles. The second-order valence-corrected chi connectivity index (χ2v) is 11.1. The third-order valence-corrected chi connectivity index (χ3v) is 8.56. The second-order valence-electron chi connectivity index (χ2n) is 11.1. The monoisotopic (exact) mass is 578 g/mol. The molecule has 43 heavy (non-hydrogen) atoms. The molecule has 0 radical (unpaired) electrons. The molecule has 1 aliphatic heterocycles. The van der Waals surface area contributed by atoms with Crippen molar-refractivity contribution >= 4 is 24.4 Å². The van der Waals surface area contributed by atoms with E-state index in [1.54, 1.807) is 25.3 Å². The van der Waals surface area contributed by atoms with Crippen LogP contribution in [-0.4, -0.2) is 41.1 Å². The van der Waals surface area contributed by atoms with Crippen molar-refractivity contribution in [3.63, 3.8) is 0 Å². The van der Waals surface area contributed by atoms with E-state index in [4.69, 9.17) is 14.6 Å². The predicted molar refractivity (Wildman–Crippen MR) is 165 cm³/mol. The Bertz CT molecular complexity index is 1420. The molecule has 7 heteroatoms. The molecule has 0 spiro atoms. The number of hydrogen-bond acceptors (Lipinski definition) is 6. The Balaban J connectivity index is 1.77. The number of ether oxygens (including phenoxy) is 1. The highest BCUT2D eigenvalue weighted by molar-refractivity contribution is 5.99. The van der Waals surface area contributed by atoms with Crippen LogP contribution in [0.15, 0.2) is 108 Å². The van der Waals surface area contributed by atoms with Crippen LogP contribution in [0.5, 0.6) is 0 Å². The first-order chi connectivity index (χ1) is 21.0. The molecule has 3 unspecified atom stereocenters. The van der Waals surface area contributed by atoms with Crippen molar-refractivity contribution in [2.24, 2.45) is 10.9 Å². The molecule has 1 heterocycles. The Morgan fingerprint density at radius 1 is 0.953 bits per heavy atom. The summed E-state index contributed by atoms with van der Waals surface area (Å²) in [5.74, 6) is -1.80. The highest BCUT2D eigenvalue weighted by Gasteiger charge is 2.66. The quantitative estimate of drug-likeness (QED) is 0.130. The summed E-state index contributed by atoms with van der Waals surface area (Å²) in [4.78, 5) is 53.4. The fourth-order valence-corrected chi connectivity index (χ4v) is 6.52. The zero-order valence-electron chi connectivity index (χ0n) is 24.5. The van der Waals surface area contributed by atoms with Crippen molar-refractivity contribution in [1.82, 2.24) is 5.06 Å². The van der Waals surface area contributed by atoms with Gasteiger partial charge in [0.05, 0.1) is 5.92 Å². The predicted octanol–water partition coefficient (Wildman–Crippen LogP) is 6.18. The molecule has 3 aromatic carbocycles. The number of carbonyl (C=O) groups is 3. The Morgan fingerprint density at radius 2 is 1.56 bits per heavy atom. The molecular weight excluding hydrogens is 540 g/mol. The summed E-state index contributed by atoms with van der Waals surface area (Å²) >= 11 is 0. The Kier molecular flexibility index (Phi) is 9.62. The van der Waals surface area contributed by atoms with Crippen LogP contribution in [0, 0.1) is 5.92 Å². The number of hydrogen-bond donors (Lipinski definition) is 0. The van der Waals surface area contributed by atoms with E-state index < -0.39 is 23.0 Å². The molecular formula is C36H38N2O5. The number of rotatable bonds is 14. The Morgan fingerprint density at radius 3 is 2.12 bits per heavy atom. The molecule has 1 fully saturated rings. The van der Waals surface area contributed by atoms with E-state index in [0.717, 1.165) is 36.8 Å². The molecule has 1 amide bonds. The number of nitrogens with zero attached hydrogens (tertiary/aromatic N) is 2. The van der Waals surface area contributed by atoms with Gasteiger partial charge in [-0.3, -0.25) is 24.2 Å². The molecule has 1 saturated carbocycles. The van der Waals surface area contributed by atoms with Crippen LogP contribution in [0.1, 0.15) is 55.7 Å². The third kappa shape index (κ3) is 5.95. The number of allylic oxidation sites excluding steroid dienone is 1. The SMILES string of the molecule is CCC(=O)C1(C(c2ccccc2)(C(Cc2ccccc2)C(=O)OC2CCCC2)N(C=O)OCc2ccccc2)C=CC=N1. The number of ketones is 1. The van der Waals surface area contributed by atoms with E-state index in [1.165, 1.54) is 5.06 Å². The molecule has 2 aliphatic rings. The van der Waals surface area contributed by atoms with Crippen LogP contribution in [0.25, 0.3) is 0 Å². The summed E-state index contributed by atoms with van der Waals surface area (Å²) in [5, 5.41) is 1.17. The molecule has 0 N–H and O–H groups in total. The molecule has 222 valence electrons. The van der Waals surface area contributed by atoms with Gasteiger partial charge in [0.2, 0.25) is 6.41 Å². The van der Waals surface area contributed by atoms with E-state index in [1.807, 2.05) is 91.0 Å². The van der Waals surface area contributed by atoms with E-state index >= 15 is 0 Å². The number of benzene rings is 3. The van der Waals surface area contributed by atoms with Gasteiger partial charge in [-0.25, -0.2) is 5.06 Å². The van der Waals surface area contributed by atoms with E-state index in [0.29, 0.717) is 12.0 Å². The zero-order chi connectivity index (χ0) is 30.1. The minimum absolute atomic E-state index is 0.0354. The molecule has 1 aliphatic carbocycles. The van der Waals surface area contributed by atoms with Gasteiger partial charge in [-0.1, -0.05) is 97.9 Å². The average molecular weight is 579 g/mol. The van der Waals surface area contributed by atoms with E-state index in [2.05, 4.69) is 0 Å². The summed E-state index contributed by atoms with van der Waals surface area (Å²) in [6, 6.07) is 28.2. The van der Waals surface area contributed by atoms with Gasteiger partial charge in [-0.15, -0.1) is 0 Å². The van der Waals surface area contributed by atoms with Crippen molar-refractivity contribution in [2.75, 3.05) is 0 Å². The first-order valence-corrected chi connectivity index (χ1v) is 15.0. The van der Waals surface area contributed by atoms with Crippen molar-refractivity contribution in [3.8, 4) is 0 Å². The molecule has 7 nitrogen and oxygen atoms in total. The first-order valence-electron chi connectivity index (χ1n) is 15.0. The molecule has 3 aromatic rings. The lowest BCUT2D eigenvalue weighted by Crippen LogP contribution is -2.68. The molecule has 5 rings (SSSR count). The minimum Gasteiger partial charge on any atom is -0.462 e. The molecule has 0 bridgehead atoms. The first kappa shape index (κ1) is 30.1. The third-order valence-electron chi connectivity index (χ3n) is 8.56. The van der Waals surface area contributed by atoms with Gasteiger partial charge in [-0.2, -0.15) is 0 Å². The van der Waals surface area contributed by atoms with E-state index in [-0.39, 0.29) is 31.3 Å². The summed E-state index contributed by atoms with van der Waals surface area (Å²) in [7, 11) is 0. The van der Waals surface area contributed by atoms with Gasteiger partial charge >= 0.3 is 5.97 Å². The fraction of sp³-hybridized carbons (Fsp3) is 0.333. The van der Waals surface area contributed by atoms with Gasteiger partial charge in [0.1, 0.15) is 18.2 Å². The highest BCUT2D eigenvalue weighted by Crippen LogP contribution is 2.51. The van der Waals surface area contributed by atoms with Crippen LogP contribution in [0.2, 0.25) is 0 Å². The minimum atomic E-state index is -1.73. The van der Waals surface area contributed by atoms with Crippen LogP contribution in [0.4, 0.5) is 0 Å². The number of hydroxylamine groups is 2. The maximum atomic E-state index is 14.6. The standard InChI is InChI=1S/C36H38N2O5/c1-2-33(40)35(23-14-24-37-35)36(30-19-10-5-11-20-30,38(27-39)42-26-29-17-8-4-9-18-29)32(25-28-15-6-3-7-16-28)34(41)43-31-21-12-13-22-31/h3-11,14-20,23-24,27,31-32H,2,12-13,21-22,25-26H2,1H3. The van der Waals surface area contributed by atoms with E-state index in [9.17, 15) is 14.4 Å². The Hall–Kier alpha value is -4.36. The maximum Gasteiger partial charge on any atom is 0.312 e. The van der Waals surface area contributed by atoms with Crippen LogP contribution >= 0.6 is 0 Å². The van der Waals surface area contributed by atoms with Gasteiger partial charge in [0.25, 0.3) is 0 Å². The molecule has 3 atom stereocenters. The average Bonchev–Trinajstić information content (AvgIpc) is 3.77. The van der Waals surface area contributed by atoms with Crippen LogP contribution in [0.3, 0.4) is 0 Å². The zero-order valence-corrected chi connectivity index (χ0v) is 24.5. The van der Waals surface area contributed by atoms with Crippen LogP contribution < -0.4 is 0 Å². The van der Waals surface area contributed by atoms with Gasteiger partial charge in [0.15, 0.2) is 11.3 Å². The number of esters is 1. The summed E-state index contributed by atoms with van der Waals surface area (Å²) in [6.07, 6.45) is 9.14. The van der Waals surface area contributed by atoms with Gasteiger partial charge in [0, 0.05) is 12.6 Å². The van der Waals surface area contributed by atoms with Crippen LogP contribution in [-0.2, 0) is 42.5 Å². The number of carbonyl (C=O) groups excluding carboxylic acids is 3. The fourth-order valence-electron chi connectivity index (χ4n) is 6.52. The smallest absolute Gasteiger partial charge is 0.312 e.